The molecule has 6 heteroatoms. The van der Waals surface area contributed by atoms with Gasteiger partial charge in [-0.05, 0) is 45.2 Å². The van der Waals surface area contributed by atoms with Gasteiger partial charge in [0.15, 0.2) is 0 Å². The van der Waals surface area contributed by atoms with E-state index in [-0.39, 0.29) is 18.4 Å². The number of carbonyl (C=O) groups is 1. The van der Waals surface area contributed by atoms with Crippen molar-refractivity contribution in [3.63, 3.8) is 0 Å². The second-order valence-corrected chi connectivity index (χ2v) is 7.63. The van der Waals surface area contributed by atoms with E-state index < -0.39 is 10.0 Å². The van der Waals surface area contributed by atoms with E-state index in [1.165, 1.54) is 4.31 Å². The van der Waals surface area contributed by atoms with Gasteiger partial charge in [-0.15, -0.1) is 0 Å². The highest BCUT2D eigenvalue weighted by Gasteiger charge is 2.34. The molecular weight excluding hydrogens is 302 g/mol. The van der Waals surface area contributed by atoms with Crippen LogP contribution in [0, 0.1) is 19.8 Å². The molecule has 1 aromatic rings. The Morgan fingerprint density at radius 1 is 1.36 bits per heavy atom. The molecular formula is C16H23NO4S. The summed E-state index contributed by atoms with van der Waals surface area (Å²) in [4.78, 5) is 12.2. The van der Waals surface area contributed by atoms with Crippen molar-refractivity contribution in [1.29, 1.82) is 0 Å². The van der Waals surface area contributed by atoms with E-state index in [1.54, 1.807) is 26.0 Å². The summed E-state index contributed by atoms with van der Waals surface area (Å²) in [5.74, 6) is -0.669. The smallest absolute Gasteiger partial charge is 0.310 e. The minimum absolute atomic E-state index is 0.203. The van der Waals surface area contributed by atoms with Gasteiger partial charge in [-0.25, -0.2) is 8.42 Å². The van der Waals surface area contributed by atoms with E-state index in [2.05, 4.69) is 0 Å². The molecule has 1 aliphatic heterocycles. The molecule has 1 fully saturated rings. The lowest BCUT2D eigenvalue weighted by Crippen LogP contribution is -2.42. The van der Waals surface area contributed by atoms with E-state index >= 15 is 0 Å². The van der Waals surface area contributed by atoms with Crippen LogP contribution in [-0.4, -0.2) is 38.4 Å². The van der Waals surface area contributed by atoms with Crippen LogP contribution in [0.5, 0.6) is 0 Å². The van der Waals surface area contributed by atoms with E-state index in [4.69, 9.17) is 4.74 Å². The SMILES string of the molecule is CCOC(=O)C1CCCN(S(=O)(=O)c2ccc(C)cc2C)C1. The number of piperidine rings is 1. The summed E-state index contributed by atoms with van der Waals surface area (Å²) in [6.07, 6.45) is 1.35. The van der Waals surface area contributed by atoms with Gasteiger partial charge in [-0.3, -0.25) is 4.79 Å². The molecule has 0 radical (unpaired) electrons. The third-order valence-electron chi connectivity index (χ3n) is 3.95. The Bertz CT molecular complexity index is 654. The van der Waals surface area contributed by atoms with E-state index in [0.717, 1.165) is 11.1 Å². The molecule has 122 valence electrons. The molecule has 0 aromatic heterocycles. The van der Waals surface area contributed by atoms with Crippen LogP contribution in [0.25, 0.3) is 0 Å². The summed E-state index contributed by atoms with van der Waals surface area (Å²) >= 11 is 0. The predicted molar refractivity (Wildman–Crippen MR) is 84.0 cm³/mol. The van der Waals surface area contributed by atoms with Crippen LogP contribution in [0.2, 0.25) is 0 Å². The van der Waals surface area contributed by atoms with Crippen LogP contribution in [0.1, 0.15) is 30.9 Å². The molecule has 1 aromatic carbocycles. The maximum atomic E-state index is 12.8. The molecule has 22 heavy (non-hydrogen) atoms. The van der Waals surface area contributed by atoms with Crippen LogP contribution < -0.4 is 0 Å². The van der Waals surface area contributed by atoms with Gasteiger partial charge in [0.05, 0.1) is 17.4 Å². The second-order valence-electron chi connectivity index (χ2n) is 5.72. The van der Waals surface area contributed by atoms with Crippen LogP contribution in [0.3, 0.4) is 0 Å². The topological polar surface area (TPSA) is 63.7 Å². The normalized spacial score (nSPS) is 19.9. The van der Waals surface area contributed by atoms with E-state index in [0.29, 0.717) is 30.9 Å². The van der Waals surface area contributed by atoms with Gasteiger partial charge in [-0.2, -0.15) is 4.31 Å². The summed E-state index contributed by atoms with van der Waals surface area (Å²) in [5, 5.41) is 0. The largest absolute Gasteiger partial charge is 0.466 e. The number of aryl methyl sites for hydroxylation is 2. The highest BCUT2D eigenvalue weighted by Crippen LogP contribution is 2.26. The fraction of sp³-hybridized carbons (Fsp3) is 0.562. The average Bonchev–Trinajstić information content (AvgIpc) is 2.47. The summed E-state index contributed by atoms with van der Waals surface area (Å²) in [6.45, 7) is 6.46. The van der Waals surface area contributed by atoms with E-state index in [1.807, 2.05) is 13.0 Å². The highest BCUT2D eigenvalue weighted by atomic mass is 32.2. The summed E-state index contributed by atoms with van der Waals surface area (Å²) in [5.41, 5.74) is 1.76. The quantitative estimate of drug-likeness (QED) is 0.797. The van der Waals surface area contributed by atoms with Crippen LogP contribution in [-0.2, 0) is 19.6 Å². The van der Waals surface area contributed by atoms with Crippen molar-refractivity contribution in [1.82, 2.24) is 4.31 Å². The first kappa shape index (κ1) is 17.0. The Morgan fingerprint density at radius 2 is 2.09 bits per heavy atom. The molecule has 1 atom stereocenters. The molecule has 5 nitrogen and oxygen atoms in total. The molecule has 1 saturated heterocycles. The summed E-state index contributed by atoms with van der Waals surface area (Å²) in [6, 6.07) is 5.31. The third kappa shape index (κ3) is 3.50. The lowest BCUT2D eigenvalue weighted by molar-refractivity contribution is -0.149. The summed E-state index contributed by atoms with van der Waals surface area (Å²) in [7, 11) is -3.57. The Hall–Kier alpha value is -1.40. The van der Waals surface area contributed by atoms with Gasteiger partial charge in [0.2, 0.25) is 10.0 Å². The van der Waals surface area contributed by atoms with Crippen molar-refractivity contribution in [3.8, 4) is 0 Å². The molecule has 1 heterocycles. The standard InChI is InChI=1S/C16H23NO4S/c1-4-21-16(18)14-6-5-9-17(11-14)22(19,20)15-8-7-12(2)10-13(15)3/h7-8,10,14H,4-6,9,11H2,1-3H3. The van der Waals surface area contributed by atoms with Gasteiger partial charge >= 0.3 is 5.97 Å². The molecule has 0 spiro atoms. The van der Waals surface area contributed by atoms with Crippen LogP contribution >= 0.6 is 0 Å². The fourth-order valence-corrected chi connectivity index (χ4v) is 4.57. The minimum Gasteiger partial charge on any atom is -0.466 e. The molecule has 2 rings (SSSR count). The number of hydrogen-bond acceptors (Lipinski definition) is 4. The second kappa shape index (κ2) is 6.79. The highest BCUT2D eigenvalue weighted by molar-refractivity contribution is 7.89. The maximum Gasteiger partial charge on any atom is 0.310 e. The van der Waals surface area contributed by atoms with Crippen molar-refractivity contribution >= 4 is 16.0 Å². The van der Waals surface area contributed by atoms with Crippen molar-refractivity contribution in [2.75, 3.05) is 19.7 Å². The molecule has 0 aliphatic carbocycles. The average molecular weight is 325 g/mol. The first-order valence-corrected chi connectivity index (χ1v) is 9.04. The number of ether oxygens (including phenoxy) is 1. The minimum atomic E-state index is -3.57. The zero-order valence-corrected chi connectivity index (χ0v) is 14.1. The Morgan fingerprint density at radius 3 is 2.73 bits per heavy atom. The van der Waals surface area contributed by atoms with Gasteiger partial charge < -0.3 is 4.74 Å². The zero-order chi connectivity index (χ0) is 16.3. The van der Waals surface area contributed by atoms with Crippen molar-refractivity contribution in [2.24, 2.45) is 5.92 Å². The maximum absolute atomic E-state index is 12.8. The third-order valence-corrected chi connectivity index (χ3v) is 5.98. The van der Waals surface area contributed by atoms with Crippen LogP contribution in [0.15, 0.2) is 23.1 Å². The molecule has 0 amide bonds. The molecule has 1 aliphatic rings. The van der Waals surface area contributed by atoms with Gasteiger partial charge in [0.1, 0.15) is 0 Å². The molecule has 1 unspecified atom stereocenters. The number of esters is 1. The molecule has 0 bridgehead atoms. The Kier molecular flexibility index (Phi) is 5.24. The first-order valence-electron chi connectivity index (χ1n) is 7.60. The number of rotatable bonds is 4. The predicted octanol–water partition coefficient (Wildman–Crippen LogP) is 2.27. The van der Waals surface area contributed by atoms with Crippen LogP contribution in [0.4, 0.5) is 0 Å². The van der Waals surface area contributed by atoms with Gasteiger partial charge in [0, 0.05) is 13.1 Å². The monoisotopic (exact) mass is 325 g/mol. The number of nitrogens with zero attached hydrogens (tertiary/aromatic N) is 1. The number of benzene rings is 1. The zero-order valence-electron chi connectivity index (χ0n) is 13.3. The van der Waals surface area contributed by atoms with Gasteiger partial charge in [-0.1, -0.05) is 17.7 Å². The van der Waals surface area contributed by atoms with Gasteiger partial charge in [0.25, 0.3) is 0 Å². The van der Waals surface area contributed by atoms with E-state index in [9.17, 15) is 13.2 Å². The van der Waals surface area contributed by atoms with Crippen molar-refractivity contribution in [2.45, 2.75) is 38.5 Å². The molecule has 0 saturated carbocycles. The molecule has 0 N–H and O–H groups in total. The lowest BCUT2D eigenvalue weighted by atomic mass is 10.0. The number of sulfonamides is 1. The Balaban J connectivity index is 2.23. The Labute approximate surface area is 132 Å². The number of carbonyl (C=O) groups excluding carboxylic acids is 1. The van der Waals surface area contributed by atoms with Crippen molar-refractivity contribution < 1.29 is 17.9 Å². The van der Waals surface area contributed by atoms with Crippen molar-refractivity contribution in [3.05, 3.63) is 29.3 Å². The fourth-order valence-electron chi connectivity index (χ4n) is 2.84. The number of hydrogen-bond donors (Lipinski definition) is 0. The lowest BCUT2D eigenvalue weighted by Gasteiger charge is -2.31. The summed E-state index contributed by atoms with van der Waals surface area (Å²) < 4.78 is 32.1. The first-order chi connectivity index (χ1) is 10.4.